The first kappa shape index (κ1) is 13.2. The quantitative estimate of drug-likeness (QED) is 0.819. The van der Waals surface area contributed by atoms with Crippen LogP contribution >= 0.6 is 31.9 Å². The molecule has 0 radical (unpaired) electrons. The first-order valence-electron chi connectivity index (χ1n) is 5.09. The van der Waals surface area contributed by atoms with Crippen LogP contribution in [0.25, 0.3) is 0 Å². The number of para-hydroxylation sites is 1. The summed E-state index contributed by atoms with van der Waals surface area (Å²) >= 11 is 6.55. The van der Waals surface area contributed by atoms with Crippen LogP contribution in [0, 0.1) is 5.82 Å². The van der Waals surface area contributed by atoms with E-state index in [4.69, 9.17) is 0 Å². The summed E-state index contributed by atoms with van der Waals surface area (Å²) in [5.74, 6) is -0.816. The third-order valence-corrected chi connectivity index (χ3v) is 3.68. The monoisotopic (exact) mass is 371 g/mol. The topological polar surface area (TPSA) is 29.1 Å². The minimum Gasteiger partial charge on any atom is -0.321 e. The number of carbonyl (C=O) groups excluding carboxylic acids is 1. The van der Waals surface area contributed by atoms with Gasteiger partial charge in [0.05, 0.1) is 11.3 Å². The lowest BCUT2D eigenvalue weighted by molar-refractivity contribution is 0.102. The second-order valence-electron chi connectivity index (χ2n) is 3.56. The highest BCUT2D eigenvalue weighted by atomic mass is 79.9. The van der Waals surface area contributed by atoms with E-state index in [-0.39, 0.29) is 11.5 Å². The maximum absolute atomic E-state index is 13.1. The molecule has 0 unspecified atom stereocenters. The van der Waals surface area contributed by atoms with Gasteiger partial charge in [-0.3, -0.25) is 4.79 Å². The molecule has 0 heterocycles. The van der Waals surface area contributed by atoms with Gasteiger partial charge in [0.25, 0.3) is 5.91 Å². The largest absolute Gasteiger partial charge is 0.321 e. The number of carbonyl (C=O) groups is 1. The van der Waals surface area contributed by atoms with Gasteiger partial charge < -0.3 is 5.32 Å². The fraction of sp³-hybridized carbons (Fsp3) is 0. The minimum absolute atomic E-state index is 0.255. The maximum atomic E-state index is 13.1. The number of halogens is 3. The molecule has 0 saturated carbocycles. The van der Waals surface area contributed by atoms with Gasteiger partial charge in [0.1, 0.15) is 5.82 Å². The number of nitrogens with one attached hydrogen (secondary N) is 1. The molecule has 92 valence electrons. The molecule has 0 fully saturated rings. The highest BCUT2D eigenvalue weighted by Crippen LogP contribution is 2.24. The zero-order chi connectivity index (χ0) is 13.1. The van der Waals surface area contributed by atoms with Crippen LogP contribution in [0.3, 0.4) is 0 Å². The van der Waals surface area contributed by atoms with E-state index in [1.165, 1.54) is 18.2 Å². The van der Waals surface area contributed by atoms with Crippen molar-refractivity contribution in [2.75, 3.05) is 5.32 Å². The Balaban J connectivity index is 2.28. The lowest BCUT2D eigenvalue weighted by Crippen LogP contribution is -2.13. The van der Waals surface area contributed by atoms with E-state index >= 15 is 0 Å². The number of anilines is 1. The molecule has 0 aliphatic heterocycles. The molecule has 0 aliphatic carbocycles. The third-order valence-electron chi connectivity index (χ3n) is 2.30. The van der Waals surface area contributed by atoms with Crippen LogP contribution < -0.4 is 5.32 Å². The summed E-state index contributed by atoms with van der Waals surface area (Å²) < 4.78 is 14.4. The highest BCUT2D eigenvalue weighted by molar-refractivity contribution is 9.11. The van der Waals surface area contributed by atoms with Crippen molar-refractivity contribution in [1.29, 1.82) is 0 Å². The summed E-state index contributed by atoms with van der Waals surface area (Å²) in [5.41, 5.74) is 0.893. The second-order valence-corrected chi connectivity index (χ2v) is 5.27. The van der Waals surface area contributed by atoms with Gasteiger partial charge in [0, 0.05) is 8.95 Å². The van der Waals surface area contributed by atoms with Gasteiger partial charge in [-0.25, -0.2) is 4.39 Å². The van der Waals surface area contributed by atoms with Crippen LogP contribution in [0.5, 0.6) is 0 Å². The van der Waals surface area contributed by atoms with Crippen LogP contribution in [0.2, 0.25) is 0 Å². The number of amides is 1. The molecule has 0 atom stereocenters. The van der Waals surface area contributed by atoms with Crippen LogP contribution in [-0.4, -0.2) is 5.91 Å². The summed E-state index contributed by atoms with van der Waals surface area (Å²) in [6.45, 7) is 0. The van der Waals surface area contributed by atoms with Gasteiger partial charge in [0.2, 0.25) is 0 Å². The van der Waals surface area contributed by atoms with Gasteiger partial charge >= 0.3 is 0 Å². The summed E-state index contributed by atoms with van der Waals surface area (Å²) in [6.07, 6.45) is 0. The lowest BCUT2D eigenvalue weighted by atomic mass is 10.2. The van der Waals surface area contributed by atoms with E-state index in [0.29, 0.717) is 10.2 Å². The van der Waals surface area contributed by atoms with Crippen LogP contribution in [0.15, 0.2) is 51.4 Å². The maximum Gasteiger partial charge on any atom is 0.256 e. The Morgan fingerprint density at radius 3 is 2.50 bits per heavy atom. The first-order valence-corrected chi connectivity index (χ1v) is 6.67. The number of benzene rings is 2. The van der Waals surface area contributed by atoms with E-state index < -0.39 is 5.82 Å². The molecule has 2 rings (SSSR count). The van der Waals surface area contributed by atoms with Crippen molar-refractivity contribution in [2.45, 2.75) is 0 Å². The zero-order valence-corrected chi connectivity index (χ0v) is 12.3. The number of rotatable bonds is 2. The summed E-state index contributed by atoms with van der Waals surface area (Å²) in [6, 6.07) is 11.2. The normalized spacial score (nSPS) is 10.2. The molecule has 2 aromatic rings. The van der Waals surface area contributed by atoms with Crippen molar-refractivity contribution in [3.05, 3.63) is 62.8 Å². The fourth-order valence-corrected chi connectivity index (χ4v) is 2.23. The highest BCUT2D eigenvalue weighted by Gasteiger charge is 2.12. The van der Waals surface area contributed by atoms with Crippen molar-refractivity contribution in [1.82, 2.24) is 0 Å². The molecule has 5 heteroatoms. The summed E-state index contributed by atoms with van der Waals surface area (Å²) in [4.78, 5) is 12.0. The number of hydrogen-bond donors (Lipinski definition) is 1. The molecular formula is C13H8Br2FNO. The Morgan fingerprint density at radius 2 is 1.78 bits per heavy atom. The van der Waals surface area contributed by atoms with Gasteiger partial charge in [0.15, 0.2) is 0 Å². The predicted molar refractivity (Wildman–Crippen MR) is 76.2 cm³/mol. The lowest BCUT2D eigenvalue weighted by Gasteiger charge is -2.08. The van der Waals surface area contributed by atoms with Crippen molar-refractivity contribution >= 4 is 43.5 Å². The summed E-state index contributed by atoms with van der Waals surface area (Å²) in [7, 11) is 0. The molecule has 1 amide bonds. The molecule has 0 aliphatic rings. The molecule has 1 N–H and O–H groups in total. The SMILES string of the molecule is O=C(Nc1ccccc1Br)c1cc(F)ccc1Br. The van der Waals surface area contributed by atoms with Crippen LogP contribution in [-0.2, 0) is 0 Å². The van der Waals surface area contributed by atoms with Crippen LogP contribution in [0.4, 0.5) is 10.1 Å². The van der Waals surface area contributed by atoms with Crippen LogP contribution in [0.1, 0.15) is 10.4 Å². The van der Waals surface area contributed by atoms with E-state index in [0.717, 1.165) is 4.47 Å². The third kappa shape index (κ3) is 2.97. The van der Waals surface area contributed by atoms with Crippen molar-refractivity contribution in [3.63, 3.8) is 0 Å². The molecule has 0 aromatic heterocycles. The molecule has 0 bridgehead atoms. The van der Waals surface area contributed by atoms with E-state index in [1.54, 1.807) is 12.1 Å². The Kier molecular flexibility index (Phi) is 4.14. The Bertz CT molecular complexity index is 601. The van der Waals surface area contributed by atoms with E-state index in [2.05, 4.69) is 37.2 Å². The standard InChI is InChI=1S/C13H8Br2FNO/c14-10-6-5-8(16)7-9(10)13(18)17-12-4-2-1-3-11(12)15/h1-7H,(H,17,18). The van der Waals surface area contributed by atoms with Crippen molar-refractivity contribution < 1.29 is 9.18 Å². The zero-order valence-electron chi connectivity index (χ0n) is 9.08. The van der Waals surface area contributed by atoms with Crippen molar-refractivity contribution in [2.24, 2.45) is 0 Å². The molecule has 0 spiro atoms. The Hall–Kier alpha value is -1.20. The first-order chi connectivity index (χ1) is 8.58. The van der Waals surface area contributed by atoms with E-state index in [9.17, 15) is 9.18 Å². The van der Waals surface area contributed by atoms with Gasteiger partial charge in [-0.2, -0.15) is 0 Å². The molecule has 0 saturated heterocycles. The Labute approximate surface area is 120 Å². The fourth-order valence-electron chi connectivity index (χ4n) is 1.42. The average molecular weight is 373 g/mol. The van der Waals surface area contributed by atoms with Gasteiger partial charge in [-0.15, -0.1) is 0 Å². The second kappa shape index (κ2) is 5.63. The predicted octanol–water partition coefficient (Wildman–Crippen LogP) is 4.60. The molecule has 2 nitrogen and oxygen atoms in total. The molecule has 18 heavy (non-hydrogen) atoms. The number of hydrogen-bond acceptors (Lipinski definition) is 1. The molecular weight excluding hydrogens is 365 g/mol. The van der Waals surface area contributed by atoms with Gasteiger partial charge in [-0.05, 0) is 62.2 Å². The summed E-state index contributed by atoms with van der Waals surface area (Å²) in [5, 5.41) is 2.71. The molecule has 2 aromatic carbocycles. The minimum atomic E-state index is -0.449. The van der Waals surface area contributed by atoms with Crippen molar-refractivity contribution in [3.8, 4) is 0 Å². The van der Waals surface area contributed by atoms with E-state index in [1.807, 2.05) is 12.1 Å². The smallest absolute Gasteiger partial charge is 0.256 e. The average Bonchev–Trinajstić information content (AvgIpc) is 2.35. The van der Waals surface area contributed by atoms with Gasteiger partial charge in [-0.1, -0.05) is 12.1 Å². The Morgan fingerprint density at radius 1 is 1.06 bits per heavy atom.